The number of aliphatic hydroxyl groups excluding tert-OH is 1. The Morgan fingerprint density at radius 1 is 1.29 bits per heavy atom. The van der Waals surface area contributed by atoms with E-state index in [-0.39, 0.29) is 16.1 Å². The van der Waals surface area contributed by atoms with Crippen LogP contribution in [0.25, 0.3) is 0 Å². The Hall–Kier alpha value is -2.99. The van der Waals surface area contributed by atoms with Gasteiger partial charge in [0.25, 0.3) is 11.8 Å². The van der Waals surface area contributed by atoms with E-state index < -0.39 is 29.8 Å². The smallest absolute Gasteiger partial charge is 0.274 e. The minimum atomic E-state index is -1.27. The van der Waals surface area contributed by atoms with Gasteiger partial charge in [-0.3, -0.25) is 9.59 Å². The average Bonchev–Trinajstić information content (AvgIpc) is 2.67. The van der Waals surface area contributed by atoms with Crippen LogP contribution >= 0.6 is 11.6 Å². The molecule has 0 saturated carbocycles. The molecule has 0 aliphatic carbocycles. The molecule has 0 saturated heterocycles. The number of carbonyl (C=O) groups is 2. The molecule has 146 valence electrons. The zero-order valence-corrected chi connectivity index (χ0v) is 15.9. The Labute approximate surface area is 166 Å². The number of hydrogen-bond donors (Lipinski definition) is 3. The number of amides is 2. The van der Waals surface area contributed by atoms with Gasteiger partial charge in [0, 0.05) is 11.3 Å². The third-order valence-electron chi connectivity index (χ3n) is 4.11. The van der Waals surface area contributed by atoms with Crippen LogP contribution in [0.3, 0.4) is 0 Å². The van der Waals surface area contributed by atoms with Crippen molar-refractivity contribution in [2.24, 2.45) is 5.84 Å². The second kappa shape index (κ2) is 8.80. The van der Waals surface area contributed by atoms with Crippen molar-refractivity contribution in [3.63, 3.8) is 0 Å². The predicted molar refractivity (Wildman–Crippen MR) is 102 cm³/mol. The molecule has 0 aliphatic heterocycles. The van der Waals surface area contributed by atoms with Gasteiger partial charge in [0.15, 0.2) is 0 Å². The maximum atomic E-state index is 13.0. The summed E-state index contributed by atoms with van der Waals surface area (Å²) in [5.41, 5.74) is 1.16. The number of anilines is 1. The van der Waals surface area contributed by atoms with E-state index in [0.29, 0.717) is 16.3 Å². The molecule has 0 heterocycles. The number of benzene rings is 2. The summed E-state index contributed by atoms with van der Waals surface area (Å²) in [4.78, 5) is 25.1. The third-order valence-corrected chi connectivity index (χ3v) is 4.60. The van der Waals surface area contributed by atoms with Crippen LogP contribution in [-0.2, 0) is 4.79 Å². The molecule has 0 bridgehead atoms. The molecule has 2 rings (SSSR count). The summed E-state index contributed by atoms with van der Waals surface area (Å²) in [6, 6.07) is 8.20. The molecule has 4 N–H and O–H groups in total. The van der Waals surface area contributed by atoms with E-state index in [1.165, 1.54) is 31.2 Å². The standard InChI is InChI=1S/C19H18ClFN4O3/c1-10-15(8-5-13(9-22)16(10)20)24-17(11(2)26)19(28)25(23)18(27)12-3-6-14(21)7-4-12/h3-8,11,17,24,26H,23H2,1-2H3. The summed E-state index contributed by atoms with van der Waals surface area (Å²) in [7, 11) is 0. The predicted octanol–water partition coefficient (Wildman–Crippen LogP) is 2.36. The van der Waals surface area contributed by atoms with Crippen molar-refractivity contribution in [1.29, 1.82) is 5.26 Å². The topological polar surface area (TPSA) is 119 Å². The number of nitrogens with one attached hydrogen (secondary N) is 1. The zero-order chi connectivity index (χ0) is 21.0. The van der Waals surface area contributed by atoms with E-state index in [1.807, 2.05) is 6.07 Å². The second-order valence-corrected chi connectivity index (χ2v) is 6.47. The minimum absolute atomic E-state index is 0.0131. The quantitative estimate of drug-likeness (QED) is 0.400. The highest BCUT2D eigenvalue weighted by Gasteiger charge is 2.31. The van der Waals surface area contributed by atoms with Crippen LogP contribution in [-0.4, -0.2) is 34.1 Å². The number of hydrogen-bond acceptors (Lipinski definition) is 6. The monoisotopic (exact) mass is 404 g/mol. The Morgan fingerprint density at radius 2 is 1.89 bits per heavy atom. The minimum Gasteiger partial charge on any atom is -0.391 e. The molecule has 0 aliphatic rings. The number of nitrogens with two attached hydrogens (primary N) is 1. The summed E-state index contributed by atoms with van der Waals surface area (Å²) < 4.78 is 13.0. The first-order valence-corrected chi connectivity index (χ1v) is 8.57. The van der Waals surface area contributed by atoms with Crippen molar-refractivity contribution in [2.45, 2.75) is 26.0 Å². The highest BCUT2D eigenvalue weighted by atomic mass is 35.5. The van der Waals surface area contributed by atoms with Gasteiger partial charge in [-0.15, -0.1) is 0 Å². The molecule has 2 amide bonds. The molecule has 28 heavy (non-hydrogen) atoms. The number of rotatable bonds is 5. The molecule has 0 aromatic heterocycles. The molecule has 9 heteroatoms. The number of nitrogens with zero attached hydrogens (tertiary/aromatic N) is 2. The van der Waals surface area contributed by atoms with E-state index in [9.17, 15) is 19.1 Å². The Balaban J connectivity index is 2.27. The fraction of sp³-hybridized carbons (Fsp3) is 0.211. The van der Waals surface area contributed by atoms with Crippen LogP contribution in [0.4, 0.5) is 10.1 Å². The van der Waals surface area contributed by atoms with Crippen molar-refractivity contribution < 1.29 is 19.1 Å². The van der Waals surface area contributed by atoms with Crippen molar-refractivity contribution in [3.8, 4) is 6.07 Å². The van der Waals surface area contributed by atoms with Gasteiger partial charge in [0.05, 0.1) is 16.7 Å². The van der Waals surface area contributed by atoms with Gasteiger partial charge in [-0.2, -0.15) is 5.26 Å². The van der Waals surface area contributed by atoms with Gasteiger partial charge < -0.3 is 10.4 Å². The second-order valence-electron chi connectivity index (χ2n) is 6.09. The number of imide groups is 1. The summed E-state index contributed by atoms with van der Waals surface area (Å²) in [6.45, 7) is 2.99. The molecule has 0 fully saturated rings. The van der Waals surface area contributed by atoms with Gasteiger partial charge in [0.2, 0.25) is 0 Å². The molecule has 2 atom stereocenters. The SMILES string of the molecule is Cc1c(NC(C(=O)N(N)C(=O)c2ccc(F)cc2)C(C)O)ccc(C#N)c1Cl. The molecule has 2 unspecified atom stereocenters. The van der Waals surface area contributed by atoms with E-state index in [1.54, 1.807) is 6.92 Å². The van der Waals surface area contributed by atoms with Crippen LogP contribution in [0.5, 0.6) is 0 Å². The van der Waals surface area contributed by atoms with Gasteiger partial charge in [-0.1, -0.05) is 11.6 Å². The normalized spacial score (nSPS) is 12.6. The fourth-order valence-electron chi connectivity index (χ4n) is 2.47. The van der Waals surface area contributed by atoms with Crippen LogP contribution in [0.2, 0.25) is 5.02 Å². The zero-order valence-electron chi connectivity index (χ0n) is 15.1. The van der Waals surface area contributed by atoms with Gasteiger partial charge >= 0.3 is 0 Å². The summed E-state index contributed by atoms with van der Waals surface area (Å²) in [6.07, 6.45) is -1.21. The third kappa shape index (κ3) is 4.46. The molecular weight excluding hydrogens is 387 g/mol. The number of aliphatic hydroxyl groups is 1. The summed E-state index contributed by atoms with van der Waals surface area (Å²) >= 11 is 6.12. The molecule has 0 spiro atoms. The first-order valence-electron chi connectivity index (χ1n) is 8.19. The van der Waals surface area contributed by atoms with Crippen LogP contribution in [0.15, 0.2) is 36.4 Å². The lowest BCUT2D eigenvalue weighted by molar-refractivity contribution is -0.131. The molecule has 7 nitrogen and oxygen atoms in total. The van der Waals surface area contributed by atoms with E-state index >= 15 is 0 Å². The van der Waals surface area contributed by atoms with Crippen molar-refractivity contribution in [2.75, 3.05) is 5.32 Å². The number of hydrazine groups is 1. The van der Waals surface area contributed by atoms with Crippen molar-refractivity contribution in [1.82, 2.24) is 5.01 Å². The maximum absolute atomic E-state index is 13.0. The average molecular weight is 405 g/mol. The van der Waals surface area contributed by atoms with E-state index in [0.717, 1.165) is 12.1 Å². The lowest BCUT2D eigenvalue weighted by atomic mass is 10.1. The summed E-state index contributed by atoms with van der Waals surface area (Å²) in [5, 5.41) is 22.4. The van der Waals surface area contributed by atoms with Crippen molar-refractivity contribution in [3.05, 3.63) is 63.9 Å². The highest BCUT2D eigenvalue weighted by Crippen LogP contribution is 2.28. The van der Waals surface area contributed by atoms with Crippen LogP contribution < -0.4 is 11.2 Å². The molecule has 2 aromatic carbocycles. The van der Waals surface area contributed by atoms with Crippen molar-refractivity contribution >= 4 is 29.1 Å². The van der Waals surface area contributed by atoms with Crippen LogP contribution in [0, 0.1) is 24.1 Å². The summed E-state index contributed by atoms with van der Waals surface area (Å²) in [5.74, 6) is 3.36. The number of carbonyl (C=O) groups excluding carboxylic acids is 2. The van der Waals surface area contributed by atoms with Gasteiger partial charge in [0.1, 0.15) is 17.9 Å². The molecule has 0 radical (unpaired) electrons. The number of halogens is 2. The fourth-order valence-corrected chi connectivity index (χ4v) is 2.67. The molecular formula is C19H18ClFN4O3. The maximum Gasteiger partial charge on any atom is 0.274 e. The lowest BCUT2D eigenvalue weighted by Crippen LogP contribution is -2.53. The Morgan fingerprint density at radius 3 is 2.43 bits per heavy atom. The van der Waals surface area contributed by atoms with E-state index in [4.69, 9.17) is 22.7 Å². The lowest BCUT2D eigenvalue weighted by Gasteiger charge is -2.26. The molecule has 2 aromatic rings. The largest absolute Gasteiger partial charge is 0.391 e. The van der Waals surface area contributed by atoms with Gasteiger partial charge in [-0.25, -0.2) is 15.2 Å². The number of nitriles is 1. The Bertz CT molecular complexity index is 941. The first kappa shape index (κ1) is 21.3. The van der Waals surface area contributed by atoms with E-state index in [2.05, 4.69) is 5.32 Å². The van der Waals surface area contributed by atoms with Gasteiger partial charge in [-0.05, 0) is 55.8 Å². The first-order chi connectivity index (χ1) is 13.2. The van der Waals surface area contributed by atoms with Crippen LogP contribution in [0.1, 0.15) is 28.4 Å². The highest BCUT2D eigenvalue weighted by molar-refractivity contribution is 6.32. The Kier molecular flexibility index (Phi) is 6.70.